The third-order valence-electron chi connectivity index (χ3n) is 2.76. The molecule has 0 amide bonds. The quantitative estimate of drug-likeness (QED) is 0.760. The van der Waals surface area contributed by atoms with Crippen molar-refractivity contribution in [3.05, 3.63) is 65.2 Å². The van der Waals surface area contributed by atoms with Crippen LogP contribution in [0.15, 0.2) is 48.5 Å². The average molecular weight is 240 g/mol. The van der Waals surface area contributed by atoms with Gasteiger partial charge in [-0.15, -0.1) is 0 Å². The van der Waals surface area contributed by atoms with E-state index in [1.165, 1.54) is 5.56 Å². The molecule has 0 radical (unpaired) electrons. The summed E-state index contributed by atoms with van der Waals surface area (Å²) in [7, 11) is 0. The van der Waals surface area contributed by atoms with Crippen LogP contribution < -0.4 is 4.74 Å². The second-order valence-corrected chi connectivity index (χ2v) is 4.36. The van der Waals surface area contributed by atoms with Crippen molar-refractivity contribution < 1.29 is 9.53 Å². The zero-order chi connectivity index (χ0) is 13.0. The Hall–Kier alpha value is -2.09. The highest BCUT2D eigenvalue weighted by Gasteiger charge is 2.01. The van der Waals surface area contributed by atoms with Gasteiger partial charge in [0, 0.05) is 5.56 Å². The standard InChI is InChI=1S/C16H16O2/c1-12-6-8-16(9-7-12)18-11-14-4-3-5-15(10-14)13(2)17/h3-10H,11H2,1-2H3. The normalized spacial score (nSPS) is 10.1. The smallest absolute Gasteiger partial charge is 0.159 e. The van der Waals surface area contributed by atoms with Gasteiger partial charge in [0.05, 0.1) is 0 Å². The molecule has 2 aromatic rings. The first-order valence-electron chi connectivity index (χ1n) is 5.94. The molecular weight excluding hydrogens is 224 g/mol. The van der Waals surface area contributed by atoms with Crippen molar-refractivity contribution in [2.75, 3.05) is 0 Å². The van der Waals surface area contributed by atoms with Crippen LogP contribution in [0.5, 0.6) is 5.75 Å². The van der Waals surface area contributed by atoms with E-state index >= 15 is 0 Å². The van der Waals surface area contributed by atoms with Gasteiger partial charge in [0.1, 0.15) is 12.4 Å². The summed E-state index contributed by atoms with van der Waals surface area (Å²) in [5.74, 6) is 0.918. The molecular formula is C16H16O2. The van der Waals surface area contributed by atoms with E-state index in [-0.39, 0.29) is 5.78 Å². The van der Waals surface area contributed by atoms with E-state index in [0.717, 1.165) is 16.9 Å². The maximum atomic E-state index is 11.3. The molecule has 0 bridgehead atoms. The molecule has 0 aliphatic heterocycles. The lowest BCUT2D eigenvalue weighted by molar-refractivity contribution is 0.101. The van der Waals surface area contributed by atoms with Crippen molar-refractivity contribution in [2.24, 2.45) is 0 Å². The lowest BCUT2D eigenvalue weighted by Crippen LogP contribution is -1.98. The van der Waals surface area contributed by atoms with Gasteiger partial charge in [0.15, 0.2) is 5.78 Å². The van der Waals surface area contributed by atoms with Crippen LogP contribution in [0, 0.1) is 6.92 Å². The average Bonchev–Trinajstić information content (AvgIpc) is 2.38. The summed E-state index contributed by atoms with van der Waals surface area (Å²) in [6.07, 6.45) is 0. The summed E-state index contributed by atoms with van der Waals surface area (Å²) in [6, 6.07) is 15.5. The minimum atomic E-state index is 0.0761. The first kappa shape index (κ1) is 12.4. The van der Waals surface area contributed by atoms with Crippen LogP contribution in [0.4, 0.5) is 0 Å². The summed E-state index contributed by atoms with van der Waals surface area (Å²) in [5.41, 5.74) is 2.93. The Kier molecular flexibility index (Phi) is 3.78. The van der Waals surface area contributed by atoms with E-state index in [9.17, 15) is 4.79 Å². The second-order valence-electron chi connectivity index (χ2n) is 4.36. The van der Waals surface area contributed by atoms with Crippen molar-refractivity contribution in [1.82, 2.24) is 0 Å². The number of carbonyl (C=O) groups is 1. The number of carbonyl (C=O) groups excluding carboxylic acids is 1. The van der Waals surface area contributed by atoms with Gasteiger partial charge in [0.25, 0.3) is 0 Å². The van der Waals surface area contributed by atoms with Crippen LogP contribution in [0.25, 0.3) is 0 Å². The third-order valence-corrected chi connectivity index (χ3v) is 2.76. The van der Waals surface area contributed by atoms with Crippen LogP contribution in [0.2, 0.25) is 0 Å². The molecule has 18 heavy (non-hydrogen) atoms. The number of benzene rings is 2. The second kappa shape index (κ2) is 5.50. The number of rotatable bonds is 4. The molecule has 2 rings (SSSR count). The van der Waals surface area contributed by atoms with Gasteiger partial charge in [0.2, 0.25) is 0 Å². The van der Waals surface area contributed by atoms with Gasteiger partial charge in [-0.25, -0.2) is 0 Å². The number of Topliss-reactive ketones (excluding diaryl/α,β-unsaturated/α-hetero) is 1. The highest BCUT2D eigenvalue weighted by atomic mass is 16.5. The van der Waals surface area contributed by atoms with Crippen molar-refractivity contribution >= 4 is 5.78 Å². The number of hydrogen-bond donors (Lipinski definition) is 0. The molecule has 0 atom stereocenters. The first-order valence-corrected chi connectivity index (χ1v) is 5.94. The van der Waals surface area contributed by atoms with Crippen molar-refractivity contribution in [1.29, 1.82) is 0 Å². The van der Waals surface area contributed by atoms with Crippen LogP contribution in [0.1, 0.15) is 28.4 Å². The van der Waals surface area contributed by atoms with Gasteiger partial charge >= 0.3 is 0 Å². The maximum Gasteiger partial charge on any atom is 0.159 e. The number of ether oxygens (including phenoxy) is 1. The lowest BCUT2D eigenvalue weighted by Gasteiger charge is -2.07. The number of ketones is 1. The van der Waals surface area contributed by atoms with Gasteiger partial charge in [-0.2, -0.15) is 0 Å². The molecule has 0 aliphatic rings. The van der Waals surface area contributed by atoms with Crippen LogP contribution in [-0.4, -0.2) is 5.78 Å². The Morgan fingerprint density at radius 1 is 1.11 bits per heavy atom. The van der Waals surface area contributed by atoms with Crippen molar-refractivity contribution in [3.8, 4) is 5.75 Å². The Morgan fingerprint density at radius 2 is 1.83 bits per heavy atom. The fourth-order valence-electron chi connectivity index (χ4n) is 1.68. The maximum absolute atomic E-state index is 11.3. The molecule has 0 aromatic heterocycles. The Bertz CT molecular complexity index is 541. The van der Waals surface area contributed by atoms with Gasteiger partial charge in [-0.1, -0.05) is 35.9 Å². The minimum Gasteiger partial charge on any atom is -0.489 e. The fraction of sp³-hybridized carbons (Fsp3) is 0.188. The van der Waals surface area contributed by atoms with Gasteiger partial charge < -0.3 is 4.74 Å². The zero-order valence-corrected chi connectivity index (χ0v) is 10.6. The Labute approximate surface area is 107 Å². The van der Waals surface area contributed by atoms with Crippen LogP contribution >= 0.6 is 0 Å². The third kappa shape index (κ3) is 3.20. The highest BCUT2D eigenvalue weighted by Crippen LogP contribution is 2.14. The summed E-state index contributed by atoms with van der Waals surface area (Å²) in [5, 5.41) is 0. The van der Waals surface area contributed by atoms with E-state index < -0.39 is 0 Å². The molecule has 0 N–H and O–H groups in total. The summed E-state index contributed by atoms with van der Waals surface area (Å²) in [6.45, 7) is 4.09. The number of aryl methyl sites for hydroxylation is 1. The van der Waals surface area contributed by atoms with Gasteiger partial charge in [-0.3, -0.25) is 4.79 Å². The van der Waals surface area contributed by atoms with Crippen molar-refractivity contribution in [3.63, 3.8) is 0 Å². The minimum absolute atomic E-state index is 0.0761. The largest absolute Gasteiger partial charge is 0.489 e. The van der Waals surface area contributed by atoms with E-state index in [1.807, 2.05) is 55.5 Å². The molecule has 0 aliphatic carbocycles. The molecule has 2 heteroatoms. The summed E-state index contributed by atoms with van der Waals surface area (Å²) in [4.78, 5) is 11.3. The van der Waals surface area contributed by atoms with E-state index in [1.54, 1.807) is 6.92 Å². The Morgan fingerprint density at radius 3 is 2.50 bits per heavy atom. The molecule has 0 heterocycles. The molecule has 0 saturated carbocycles. The van der Waals surface area contributed by atoms with Gasteiger partial charge in [-0.05, 0) is 37.6 Å². The topological polar surface area (TPSA) is 26.3 Å². The predicted octanol–water partition coefficient (Wildman–Crippen LogP) is 3.78. The molecule has 0 spiro atoms. The molecule has 0 unspecified atom stereocenters. The zero-order valence-electron chi connectivity index (χ0n) is 10.6. The lowest BCUT2D eigenvalue weighted by atomic mass is 10.1. The SMILES string of the molecule is CC(=O)c1cccc(COc2ccc(C)cc2)c1. The Balaban J connectivity index is 2.04. The molecule has 92 valence electrons. The van der Waals surface area contributed by atoms with E-state index in [2.05, 4.69) is 0 Å². The molecule has 0 fully saturated rings. The molecule has 2 nitrogen and oxygen atoms in total. The molecule has 0 saturated heterocycles. The first-order chi connectivity index (χ1) is 8.65. The van der Waals surface area contributed by atoms with Crippen LogP contribution in [-0.2, 0) is 6.61 Å². The summed E-state index contributed by atoms with van der Waals surface area (Å²) >= 11 is 0. The fourth-order valence-corrected chi connectivity index (χ4v) is 1.68. The number of hydrogen-bond acceptors (Lipinski definition) is 2. The van der Waals surface area contributed by atoms with E-state index in [4.69, 9.17) is 4.74 Å². The van der Waals surface area contributed by atoms with Crippen molar-refractivity contribution in [2.45, 2.75) is 20.5 Å². The highest BCUT2D eigenvalue weighted by molar-refractivity contribution is 5.94. The monoisotopic (exact) mass is 240 g/mol. The predicted molar refractivity (Wildman–Crippen MR) is 72.0 cm³/mol. The van der Waals surface area contributed by atoms with Crippen LogP contribution in [0.3, 0.4) is 0 Å². The summed E-state index contributed by atoms with van der Waals surface area (Å²) < 4.78 is 5.67. The van der Waals surface area contributed by atoms with E-state index in [0.29, 0.717) is 6.61 Å². The molecule has 2 aromatic carbocycles.